The summed E-state index contributed by atoms with van der Waals surface area (Å²) in [6.07, 6.45) is 5.08. The van der Waals surface area contributed by atoms with Crippen LogP contribution in [0.3, 0.4) is 0 Å². The predicted molar refractivity (Wildman–Crippen MR) is 76.2 cm³/mol. The summed E-state index contributed by atoms with van der Waals surface area (Å²) in [4.78, 5) is 12.7. The zero-order valence-electron chi connectivity index (χ0n) is 10.9. The number of hydrogen-bond acceptors (Lipinski definition) is 6. The highest BCUT2D eigenvalue weighted by atomic mass is 15.3. The number of nitrogens with zero attached hydrogens (tertiary/aromatic N) is 5. The first kappa shape index (κ1) is 12.1. The molecule has 0 fully saturated rings. The second-order valence-electron chi connectivity index (χ2n) is 4.20. The molecule has 0 aliphatic carbocycles. The number of anilines is 3. The number of pyridine rings is 1. The number of aryl methyl sites for hydroxylation is 1. The Balaban J connectivity index is 1.90. The number of nitrogens with one attached hydrogen (secondary N) is 1. The quantitative estimate of drug-likeness (QED) is 0.748. The number of hydrogen-bond donors (Lipinski definition) is 2. The van der Waals surface area contributed by atoms with Crippen molar-refractivity contribution in [1.29, 1.82) is 0 Å². The fourth-order valence-electron chi connectivity index (χ4n) is 1.75. The third-order valence-corrected chi connectivity index (χ3v) is 2.80. The molecule has 3 heterocycles. The Labute approximate surface area is 115 Å². The van der Waals surface area contributed by atoms with Crippen molar-refractivity contribution in [2.45, 2.75) is 0 Å². The first-order valence-electron chi connectivity index (χ1n) is 6.02. The fourth-order valence-corrected chi connectivity index (χ4v) is 1.75. The summed E-state index contributed by atoms with van der Waals surface area (Å²) in [5.41, 5.74) is 7.23. The van der Waals surface area contributed by atoms with Gasteiger partial charge in [0, 0.05) is 31.1 Å². The number of nitrogens with two attached hydrogens (primary N) is 1. The van der Waals surface area contributed by atoms with Crippen LogP contribution in [0.15, 0.2) is 42.9 Å². The van der Waals surface area contributed by atoms with Crippen LogP contribution >= 0.6 is 0 Å². The van der Waals surface area contributed by atoms with E-state index in [4.69, 9.17) is 5.73 Å². The molecule has 7 nitrogen and oxygen atoms in total. The predicted octanol–water partition coefficient (Wildman–Crippen LogP) is 1.60. The largest absolute Gasteiger partial charge is 0.384 e. The zero-order valence-corrected chi connectivity index (χ0v) is 10.9. The molecular weight excluding hydrogens is 254 g/mol. The Morgan fingerprint density at radius 3 is 2.70 bits per heavy atom. The van der Waals surface area contributed by atoms with Crippen molar-refractivity contribution in [2.75, 3.05) is 11.1 Å². The topological polar surface area (TPSA) is 94.5 Å². The van der Waals surface area contributed by atoms with E-state index in [1.54, 1.807) is 29.3 Å². The molecule has 7 heteroatoms. The highest BCUT2D eigenvalue weighted by Crippen LogP contribution is 2.18. The first-order valence-corrected chi connectivity index (χ1v) is 6.02. The second kappa shape index (κ2) is 4.96. The number of nitrogen functional groups attached to an aromatic ring is 1. The molecule has 0 aromatic carbocycles. The summed E-state index contributed by atoms with van der Waals surface area (Å²) in [7, 11) is 1.84. The Morgan fingerprint density at radius 1 is 1.10 bits per heavy atom. The van der Waals surface area contributed by atoms with E-state index < -0.39 is 0 Å². The van der Waals surface area contributed by atoms with Crippen LogP contribution in [-0.4, -0.2) is 24.7 Å². The van der Waals surface area contributed by atoms with Crippen LogP contribution in [0.2, 0.25) is 0 Å². The Hall–Kier alpha value is -2.96. The van der Waals surface area contributed by atoms with Gasteiger partial charge in [-0.25, -0.2) is 15.0 Å². The number of rotatable bonds is 3. The molecule has 0 unspecified atom stereocenters. The molecular formula is C13H13N7. The van der Waals surface area contributed by atoms with Crippen molar-refractivity contribution >= 4 is 17.6 Å². The van der Waals surface area contributed by atoms with Gasteiger partial charge in [-0.15, -0.1) is 0 Å². The van der Waals surface area contributed by atoms with Crippen LogP contribution < -0.4 is 11.1 Å². The SMILES string of the molecule is Cn1nccc1Nc1nccc(-c2ccc(N)nc2)n1. The maximum absolute atomic E-state index is 5.58. The molecule has 0 aliphatic heterocycles. The fraction of sp³-hybridized carbons (Fsp3) is 0.0769. The van der Waals surface area contributed by atoms with Gasteiger partial charge >= 0.3 is 0 Å². The summed E-state index contributed by atoms with van der Waals surface area (Å²) >= 11 is 0. The summed E-state index contributed by atoms with van der Waals surface area (Å²) in [6.45, 7) is 0. The van der Waals surface area contributed by atoms with Gasteiger partial charge in [0.15, 0.2) is 0 Å². The lowest BCUT2D eigenvalue weighted by molar-refractivity contribution is 0.775. The summed E-state index contributed by atoms with van der Waals surface area (Å²) < 4.78 is 1.71. The molecule has 3 aromatic heterocycles. The Morgan fingerprint density at radius 2 is 2.00 bits per heavy atom. The van der Waals surface area contributed by atoms with E-state index in [0.717, 1.165) is 17.1 Å². The lowest BCUT2D eigenvalue weighted by Gasteiger charge is -2.06. The maximum atomic E-state index is 5.58. The molecule has 0 spiro atoms. The third kappa shape index (κ3) is 2.41. The Bertz CT molecular complexity index is 718. The average molecular weight is 267 g/mol. The molecule has 100 valence electrons. The normalized spacial score (nSPS) is 10.4. The number of aromatic nitrogens is 5. The van der Waals surface area contributed by atoms with Gasteiger partial charge in [0.1, 0.15) is 11.6 Å². The van der Waals surface area contributed by atoms with E-state index in [9.17, 15) is 0 Å². The minimum atomic E-state index is 0.482. The lowest BCUT2D eigenvalue weighted by atomic mass is 10.2. The smallest absolute Gasteiger partial charge is 0.228 e. The molecule has 20 heavy (non-hydrogen) atoms. The summed E-state index contributed by atoms with van der Waals surface area (Å²) in [5, 5.41) is 7.18. The van der Waals surface area contributed by atoms with E-state index in [1.165, 1.54) is 0 Å². The molecule has 0 bridgehead atoms. The second-order valence-corrected chi connectivity index (χ2v) is 4.20. The monoisotopic (exact) mass is 267 g/mol. The molecule has 3 aromatic rings. The summed E-state index contributed by atoms with van der Waals surface area (Å²) in [6, 6.07) is 7.28. The van der Waals surface area contributed by atoms with E-state index in [1.807, 2.05) is 25.2 Å². The van der Waals surface area contributed by atoms with Crippen molar-refractivity contribution < 1.29 is 0 Å². The molecule has 3 N–H and O–H groups in total. The van der Waals surface area contributed by atoms with Gasteiger partial charge in [0.05, 0.1) is 11.9 Å². The van der Waals surface area contributed by atoms with Crippen molar-refractivity contribution in [2.24, 2.45) is 7.05 Å². The van der Waals surface area contributed by atoms with E-state index >= 15 is 0 Å². The van der Waals surface area contributed by atoms with Gasteiger partial charge in [0.2, 0.25) is 5.95 Å². The van der Waals surface area contributed by atoms with Gasteiger partial charge in [-0.1, -0.05) is 0 Å². The first-order chi connectivity index (χ1) is 9.72. The zero-order chi connectivity index (χ0) is 13.9. The van der Waals surface area contributed by atoms with Gasteiger partial charge < -0.3 is 11.1 Å². The minimum absolute atomic E-state index is 0.482. The van der Waals surface area contributed by atoms with Gasteiger partial charge in [-0.3, -0.25) is 4.68 Å². The van der Waals surface area contributed by atoms with Gasteiger partial charge in [0.25, 0.3) is 0 Å². The molecule has 3 rings (SSSR count). The average Bonchev–Trinajstić information content (AvgIpc) is 2.85. The highest BCUT2D eigenvalue weighted by Gasteiger charge is 2.05. The van der Waals surface area contributed by atoms with E-state index in [-0.39, 0.29) is 0 Å². The van der Waals surface area contributed by atoms with E-state index in [0.29, 0.717) is 11.8 Å². The van der Waals surface area contributed by atoms with Crippen LogP contribution in [0.5, 0.6) is 0 Å². The molecule has 0 saturated heterocycles. The highest BCUT2D eigenvalue weighted by molar-refractivity contribution is 5.61. The Kier molecular flexibility index (Phi) is 3.00. The van der Waals surface area contributed by atoms with Crippen LogP contribution in [-0.2, 0) is 7.05 Å². The van der Waals surface area contributed by atoms with E-state index in [2.05, 4.69) is 25.4 Å². The van der Waals surface area contributed by atoms with Crippen molar-refractivity contribution in [3.05, 3.63) is 42.9 Å². The van der Waals surface area contributed by atoms with Crippen LogP contribution in [0.1, 0.15) is 0 Å². The minimum Gasteiger partial charge on any atom is -0.384 e. The van der Waals surface area contributed by atoms with Gasteiger partial charge in [-0.2, -0.15) is 5.10 Å². The van der Waals surface area contributed by atoms with Crippen LogP contribution in [0, 0.1) is 0 Å². The van der Waals surface area contributed by atoms with Crippen molar-refractivity contribution in [1.82, 2.24) is 24.7 Å². The van der Waals surface area contributed by atoms with Crippen LogP contribution in [0.4, 0.5) is 17.6 Å². The summed E-state index contributed by atoms with van der Waals surface area (Å²) in [5.74, 6) is 1.80. The maximum Gasteiger partial charge on any atom is 0.228 e. The van der Waals surface area contributed by atoms with Gasteiger partial charge in [-0.05, 0) is 18.2 Å². The molecule has 0 aliphatic rings. The molecule has 0 amide bonds. The molecule has 0 saturated carbocycles. The molecule has 0 radical (unpaired) electrons. The van der Waals surface area contributed by atoms with Crippen molar-refractivity contribution in [3.63, 3.8) is 0 Å². The standard InChI is InChI=1S/C13H13N7/c1-20-12(5-7-17-20)19-13-15-6-4-10(18-13)9-2-3-11(14)16-8-9/h2-8H,1H3,(H2,14,16)(H,15,18,19). The van der Waals surface area contributed by atoms with Crippen LogP contribution in [0.25, 0.3) is 11.3 Å². The lowest BCUT2D eigenvalue weighted by Crippen LogP contribution is -2.02. The van der Waals surface area contributed by atoms with Crippen molar-refractivity contribution in [3.8, 4) is 11.3 Å². The third-order valence-electron chi connectivity index (χ3n) is 2.80. The molecule has 0 atom stereocenters.